The molecule has 1 amide bonds. The van der Waals surface area contributed by atoms with Gasteiger partial charge in [-0.3, -0.25) is 14.5 Å². The topological polar surface area (TPSA) is 89.0 Å². The third-order valence-electron chi connectivity index (χ3n) is 4.91. The lowest BCUT2D eigenvalue weighted by Gasteiger charge is -2.23. The third-order valence-corrected chi connectivity index (χ3v) is 6.21. The Hall–Kier alpha value is -3.17. The standard InChI is InChI=1S/C22H17BrN2O5S/c1-29-15-8-5-13(11-16(15)30-2)18-17(19(26)12-3-6-14(23)7-4-12)20(27)21(28)25(18)22-24-9-10-31-22/h3-11,18,26H,1-2H3/b19-17+/t18-/m1/s1. The fraction of sp³-hybridized carbons (Fsp3) is 0.136. The van der Waals surface area contributed by atoms with E-state index in [1.165, 1.54) is 30.5 Å². The minimum atomic E-state index is -0.880. The number of aliphatic hydroxyl groups is 1. The zero-order valence-electron chi connectivity index (χ0n) is 16.5. The molecule has 1 fully saturated rings. The molecule has 0 spiro atoms. The number of Topliss-reactive ketones (excluding diaryl/α,β-unsaturated/α-hetero) is 1. The number of ether oxygens (including phenoxy) is 2. The fourth-order valence-corrected chi connectivity index (χ4v) is 4.40. The van der Waals surface area contributed by atoms with E-state index in [9.17, 15) is 14.7 Å². The maximum Gasteiger partial charge on any atom is 0.301 e. The number of ketones is 1. The van der Waals surface area contributed by atoms with Crippen LogP contribution >= 0.6 is 27.3 Å². The van der Waals surface area contributed by atoms with Gasteiger partial charge in [0.15, 0.2) is 16.6 Å². The highest BCUT2D eigenvalue weighted by atomic mass is 79.9. The summed E-state index contributed by atoms with van der Waals surface area (Å²) in [6.45, 7) is 0. The molecule has 4 rings (SSSR count). The summed E-state index contributed by atoms with van der Waals surface area (Å²) < 4.78 is 11.5. The normalized spacial score (nSPS) is 17.8. The smallest absolute Gasteiger partial charge is 0.301 e. The number of thiazole rings is 1. The monoisotopic (exact) mass is 500 g/mol. The molecule has 158 valence electrons. The summed E-state index contributed by atoms with van der Waals surface area (Å²) in [5.74, 6) is -0.854. The van der Waals surface area contributed by atoms with Gasteiger partial charge in [-0.05, 0) is 29.8 Å². The summed E-state index contributed by atoms with van der Waals surface area (Å²) in [5.41, 5.74) is 0.978. The lowest BCUT2D eigenvalue weighted by Crippen LogP contribution is -2.29. The number of hydrogen-bond donors (Lipinski definition) is 1. The van der Waals surface area contributed by atoms with Crippen molar-refractivity contribution in [1.29, 1.82) is 0 Å². The molecule has 1 aliphatic heterocycles. The molecule has 0 aliphatic carbocycles. The maximum atomic E-state index is 13.1. The first kappa shape index (κ1) is 21.1. The molecule has 0 unspecified atom stereocenters. The number of hydrogen-bond acceptors (Lipinski definition) is 7. The molecule has 0 saturated carbocycles. The Balaban J connectivity index is 1.94. The molecule has 1 atom stereocenters. The van der Waals surface area contributed by atoms with Crippen LogP contribution in [0.2, 0.25) is 0 Å². The van der Waals surface area contributed by atoms with Gasteiger partial charge in [0.2, 0.25) is 0 Å². The first-order chi connectivity index (χ1) is 15.0. The number of halogens is 1. The molecule has 1 aromatic heterocycles. The van der Waals surface area contributed by atoms with E-state index in [4.69, 9.17) is 9.47 Å². The Labute approximate surface area is 190 Å². The van der Waals surface area contributed by atoms with E-state index in [0.717, 1.165) is 4.47 Å². The quantitative estimate of drug-likeness (QED) is 0.314. The number of aliphatic hydroxyl groups excluding tert-OH is 1. The molecule has 31 heavy (non-hydrogen) atoms. The van der Waals surface area contributed by atoms with Crippen LogP contribution in [-0.2, 0) is 9.59 Å². The van der Waals surface area contributed by atoms with Crippen molar-refractivity contribution in [3.05, 3.63) is 75.2 Å². The van der Waals surface area contributed by atoms with Crippen LogP contribution in [0.4, 0.5) is 5.13 Å². The van der Waals surface area contributed by atoms with Crippen molar-refractivity contribution in [2.75, 3.05) is 19.1 Å². The summed E-state index contributed by atoms with van der Waals surface area (Å²) >= 11 is 4.58. The number of rotatable bonds is 5. The Kier molecular flexibility index (Phi) is 5.79. The van der Waals surface area contributed by atoms with Crippen LogP contribution < -0.4 is 14.4 Å². The minimum absolute atomic E-state index is 0.0188. The molecule has 9 heteroatoms. The molecular weight excluding hydrogens is 484 g/mol. The average molecular weight is 501 g/mol. The summed E-state index contributed by atoms with van der Waals surface area (Å²) in [6.07, 6.45) is 1.56. The number of anilines is 1. The summed E-state index contributed by atoms with van der Waals surface area (Å²) in [4.78, 5) is 31.6. The molecule has 2 aromatic carbocycles. The van der Waals surface area contributed by atoms with Gasteiger partial charge >= 0.3 is 5.91 Å². The summed E-state index contributed by atoms with van der Waals surface area (Å²) in [7, 11) is 3.02. The molecular formula is C22H17BrN2O5S. The second-order valence-corrected chi connectivity index (χ2v) is 8.39. The minimum Gasteiger partial charge on any atom is -0.507 e. The van der Waals surface area contributed by atoms with Crippen molar-refractivity contribution < 1.29 is 24.2 Å². The van der Waals surface area contributed by atoms with Gasteiger partial charge in [-0.25, -0.2) is 4.98 Å². The predicted octanol–water partition coefficient (Wildman–Crippen LogP) is 4.55. The lowest BCUT2D eigenvalue weighted by molar-refractivity contribution is -0.132. The Morgan fingerprint density at radius 3 is 2.42 bits per heavy atom. The molecule has 1 N–H and O–H groups in total. The summed E-state index contributed by atoms with van der Waals surface area (Å²) in [6, 6.07) is 11.1. The Bertz CT molecular complexity index is 1180. The number of nitrogens with zero attached hydrogens (tertiary/aromatic N) is 2. The van der Waals surface area contributed by atoms with Crippen molar-refractivity contribution >= 4 is 49.8 Å². The second-order valence-electron chi connectivity index (χ2n) is 6.61. The fourth-order valence-electron chi connectivity index (χ4n) is 3.47. The predicted molar refractivity (Wildman–Crippen MR) is 121 cm³/mol. The van der Waals surface area contributed by atoms with Crippen LogP contribution in [0, 0.1) is 0 Å². The van der Waals surface area contributed by atoms with Crippen molar-refractivity contribution in [1.82, 2.24) is 4.98 Å². The van der Waals surface area contributed by atoms with E-state index < -0.39 is 17.7 Å². The van der Waals surface area contributed by atoms with E-state index in [0.29, 0.717) is 27.8 Å². The Morgan fingerprint density at radius 1 is 1.10 bits per heavy atom. The van der Waals surface area contributed by atoms with Gasteiger partial charge in [0.05, 0.1) is 25.8 Å². The van der Waals surface area contributed by atoms with Crippen molar-refractivity contribution in [3.8, 4) is 11.5 Å². The first-order valence-corrected chi connectivity index (χ1v) is 10.8. The first-order valence-electron chi connectivity index (χ1n) is 9.14. The molecule has 1 saturated heterocycles. The van der Waals surface area contributed by atoms with Crippen LogP contribution in [0.15, 0.2) is 64.1 Å². The van der Waals surface area contributed by atoms with Gasteiger partial charge in [0.1, 0.15) is 5.76 Å². The lowest BCUT2D eigenvalue weighted by atomic mass is 9.95. The largest absolute Gasteiger partial charge is 0.507 e. The van der Waals surface area contributed by atoms with Crippen LogP contribution in [-0.4, -0.2) is 36.0 Å². The third kappa shape index (κ3) is 3.70. The van der Waals surface area contributed by atoms with E-state index in [1.54, 1.807) is 54.0 Å². The van der Waals surface area contributed by atoms with Crippen LogP contribution in [0.5, 0.6) is 11.5 Å². The zero-order valence-corrected chi connectivity index (χ0v) is 18.9. The highest BCUT2D eigenvalue weighted by molar-refractivity contribution is 9.10. The Morgan fingerprint density at radius 2 is 1.81 bits per heavy atom. The number of methoxy groups -OCH3 is 2. The van der Waals surface area contributed by atoms with Crippen LogP contribution in [0.25, 0.3) is 5.76 Å². The van der Waals surface area contributed by atoms with E-state index in [1.807, 2.05) is 0 Å². The SMILES string of the molecule is COc1ccc([C@@H]2/C(=C(\O)c3ccc(Br)cc3)C(=O)C(=O)N2c2nccs2)cc1OC. The van der Waals surface area contributed by atoms with Crippen molar-refractivity contribution in [2.45, 2.75) is 6.04 Å². The van der Waals surface area contributed by atoms with Gasteiger partial charge in [0.25, 0.3) is 5.78 Å². The number of amides is 1. The van der Waals surface area contributed by atoms with Gasteiger partial charge in [-0.1, -0.05) is 34.1 Å². The molecule has 2 heterocycles. The summed E-state index contributed by atoms with van der Waals surface area (Å²) in [5, 5.41) is 13.1. The molecule has 1 aliphatic rings. The molecule has 3 aromatic rings. The number of carbonyl (C=O) groups is 2. The number of benzene rings is 2. The highest BCUT2D eigenvalue weighted by Gasteiger charge is 2.48. The maximum absolute atomic E-state index is 13.1. The van der Waals surface area contributed by atoms with E-state index in [-0.39, 0.29) is 11.3 Å². The van der Waals surface area contributed by atoms with Gasteiger partial charge < -0.3 is 14.6 Å². The van der Waals surface area contributed by atoms with Gasteiger partial charge in [-0.2, -0.15) is 0 Å². The average Bonchev–Trinajstić information content (AvgIpc) is 3.40. The van der Waals surface area contributed by atoms with Crippen molar-refractivity contribution in [2.24, 2.45) is 0 Å². The highest BCUT2D eigenvalue weighted by Crippen LogP contribution is 2.44. The van der Waals surface area contributed by atoms with Crippen LogP contribution in [0.3, 0.4) is 0 Å². The number of aromatic nitrogens is 1. The van der Waals surface area contributed by atoms with E-state index >= 15 is 0 Å². The van der Waals surface area contributed by atoms with E-state index in [2.05, 4.69) is 20.9 Å². The molecule has 0 radical (unpaired) electrons. The molecule has 7 nitrogen and oxygen atoms in total. The zero-order chi connectivity index (χ0) is 22.1. The number of carbonyl (C=O) groups excluding carboxylic acids is 2. The molecule has 0 bridgehead atoms. The van der Waals surface area contributed by atoms with Gasteiger partial charge in [0, 0.05) is 21.6 Å². The van der Waals surface area contributed by atoms with Gasteiger partial charge in [-0.15, -0.1) is 11.3 Å². The van der Waals surface area contributed by atoms with Crippen molar-refractivity contribution in [3.63, 3.8) is 0 Å². The van der Waals surface area contributed by atoms with Crippen LogP contribution in [0.1, 0.15) is 17.2 Å². The second kappa shape index (κ2) is 8.52.